The minimum absolute atomic E-state index is 0.0565. The summed E-state index contributed by atoms with van der Waals surface area (Å²) in [6.07, 6.45) is 2.26. The molecular formula is C17H29N5O2. The minimum atomic E-state index is -0.0565. The van der Waals surface area contributed by atoms with Crippen molar-refractivity contribution in [2.75, 3.05) is 26.2 Å². The lowest BCUT2D eigenvalue weighted by Crippen LogP contribution is -2.54. The molecule has 1 N–H and O–H groups in total. The first-order valence-corrected chi connectivity index (χ1v) is 9.07. The van der Waals surface area contributed by atoms with Crippen molar-refractivity contribution in [2.45, 2.75) is 64.6 Å². The highest BCUT2D eigenvalue weighted by atomic mass is 16.5. The SMILES string of the molecule is CC(C)c1noc(C(C)N2CCN(C(C)C(=O)NC3CC3)CC2)n1. The summed E-state index contributed by atoms with van der Waals surface area (Å²) >= 11 is 0. The van der Waals surface area contributed by atoms with E-state index in [9.17, 15) is 4.79 Å². The quantitative estimate of drug-likeness (QED) is 0.850. The van der Waals surface area contributed by atoms with Gasteiger partial charge in [0.15, 0.2) is 5.82 Å². The van der Waals surface area contributed by atoms with E-state index < -0.39 is 0 Å². The van der Waals surface area contributed by atoms with Gasteiger partial charge in [-0.05, 0) is 26.7 Å². The van der Waals surface area contributed by atoms with Gasteiger partial charge in [-0.15, -0.1) is 0 Å². The number of hydrogen-bond donors (Lipinski definition) is 1. The number of aromatic nitrogens is 2. The van der Waals surface area contributed by atoms with Crippen LogP contribution in [0.5, 0.6) is 0 Å². The Morgan fingerprint density at radius 2 is 1.75 bits per heavy atom. The molecule has 0 radical (unpaired) electrons. The fourth-order valence-corrected chi connectivity index (χ4v) is 3.03. The smallest absolute Gasteiger partial charge is 0.243 e. The number of carbonyl (C=O) groups excluding carboxylic acids is 1. The average molecular weight is 335 g/mol. The van der Waals surface area contributed by atoms with E-state index in [1.165, 1.54) is 0 Å². The summed E-state index contributed by atoms with van der Waals surface area (Å²) < 4.78 is 5.42. The summed E-state index contributed by atoms with van der Waals surface area (Å²) in [7, 11) is 0. The fraction of sp³-hybridized carbons (Fsp3) is 0.824. The zero-order valence-electron chi connectivity index (χ0n) is 15.2. The van der Waals surface area contributed by atoms with Crippen LogP contribution in [0, 0.1) is 0 Å². The minimum Gasteiger partial charge on any atom is -0.352 e. The molecule has 2 atom stereocenters. The second-order valence-corrected chi connectivity index (χ2v) is 7.35. The molecule has 24 heavy (non-hydrogen) atoms. The normalized spacial score (nSPS) is 22.5. The maximum Gasteiger partial charge on any atom is 0.243 e. The highest BCUT2D eigenvalue weighted by Gasteiger charge is 2.32. The second-order valence-electron chi connectivity index (χ2n) is 7.35. The molecule has 7 heteroatoms. The van der Waals surface area contributed by atoms with Gasteiger partial charge in [-0.2, -0.15) is 4.98 Å². The first-order valence-electron chi connectivity index (χ1n) is 9.07. The number of nitrogens with one attached hydrogen (secondary N) is 1. The van der Waals surface area contributed by atoms with Crippen LogP contribution in [0.25, 0.3) is 0 Å². The van der Waals surface area contributed by atoms with Crippen LogP contribution in [0.15, 0.2) is 4.52 Å². The third-order valence-electron chi connectivity index (χ3n) is 5.08. The number of rotatable bonds is 6. The van der Waals surface area contributed by atoms with Crippen LogP contribution >= 0.6 is 0 Å². The van der Waals surface area contributed by atoms with Crippen molar-refractivity contribution >= 4 is 5.91 Å². The molecule has 1 aliphatic heterocycles. The largest absolute Gasteiger partial charge is 0.352 e. The fourth-order valence-electron chi connectivity index (χ4n) is 3.03. The third kappa shape index (κ3) is 3.95. The molecule has 1 aromatic rings. The first kappa shape index (κ1) is 17.4. The van der Waals surface area contributed by atoms with E-state index in [1.54, 1.807) is 0 Å². The lowest BCUT2D eigenvalue weighted by molar-refractivity contribution is -0.126. The standard InChI is InChI=1S/C17H29N5O2/c1-11(2)15-19-17(24-20-15)13(4)22-9-7-21(8-10-22)12(3)16(23)18-14-5-6-14/h11-14H,5-10H2,1-4H3,(H,18,23). The molecular weight excluding hydrogens is 306 g/mol. The molecule has 1 saturated carbocycles. The van der Waals surface area contributed by atoms with Gasteiger partial charge in [0, 0.05) is 38.1 Å². The van der Waals surface area contributed by atoms with Crippen molar-refractivity contribution < 1.29 is 9.32 Å². The zero-order chi connectivity index (χ0) is 17.3. The molecule has 2 aliphatic rings. The topological polar surface area (TPSA) is 74.5 Å². The summed E-state index contributed by atoms with van der Waals surface area (Å²) in [6, 6.07) is 0.482. The lowest BCUT2D eigenvalue weighted by Gasteiger charge is -2.39. The van der Waals surface area contributed by atoms with Gasteiger partial charge >= 0.3 is 0 Å². The van der Waals surface area contributed by atoms with Crippen LogP contribution in [0.3, 0.4) is 0 Å². The van der Waals surface area contributed by atoms with Crippen molar-refractivity contribution in [1.82, 2.24) is 25.3 Å². The number of nitrogens with zero attached hydrogens (tertiary/aromatic N) is 4. The monoisotopic (exact) mass is 335 g/mol. The predicted octanol–water partition coefficient (Wildman–Crippen LogP) is 1.54. The molecule has 3 rings (SSSR count). The van der Waals surface area contributed by atoms with E-state index in [2.05, 4.69) is 46.0 Å². The maximum absolute atomic E-state index is 12.2. The maximum atomic E-state index is 12.2. The molecule has 2 fully saturated rings. The van der Waals surface area contributed by atoms with Gasteiger partial charge < -0.3 is 9.84 Å². The van der Waals surface area contributed by atoms with Gasteiger partial charge in [0.05, 0.1) is 12.1 Å². The van der Waals surface area contributed by atoms with Gasteiger partial charge in [-0.1, -0.05) is 19.0 Å². The number of amides is 1. The molecule has 134 valence electrons. The zero-order valence-corrected chi connectivity index (χ0v) is 15.2. The molecule has 1 aliphatic carbocycles. The summed E-state index contributed by atoms with van der Waals surface area (Å²) in [5, 5.41) is 7.15. The number of piperazine rings is 1. The predicted molar refractivity (Wildman–Crippen MR) is 90.6 cm³/mol. The Bertz CT molecular complexity index is 561. The van der Waals surface area contributed by atoms with E-state index in [4.69, 9.17) is 4.52 Å². The Hall–Kier alpha value is -1.47. The lowest BCUT2D eigenvalue weighted by atomic mass is 10.1. The van der Waals surface area contributed by atoms with Crippen LogP contribution in [0.2, 0.25) is 0 Å². The van der Waals surface area contributed by atoms with Crippen molar-refractivity contribution in [3.05, 3.63) is 11.7 Å². The van der Waals surface area contributed by atoms with E-state index in [-0.39, 0.29) is 23.9 Å². The van der Waals surface area contributed by atoms with E-state index in [0.29, 0.717) is 11.9 Å². The Kier molecular flexibility index (Phi) is 5.20. The van der Waals surface area contributed by atoms with Crippen molar-refractivity contribution in [3.63, 3.8) is 0 Å². The van der Waals surface area contributed by atoms with Gasteiger partial charge in [-0.25, -0.2) is 0 Å². The summed E-state index contributed by atoms with van der Waals surface area (Å²) in [5.74, 6) is 1.89. The Morgan fingerprint density at radius 3 is 2.29 bits per heavy atom. The Morgan fingerprint density at radius 1 is 1.12 bits per heavy atom. The number of hydrogen-bond acceptors (Lipinski definition) is 6. The summed E-state index contributed by atoms with van der Waals surface area (Å²) in [6.45, 7) is 11.8. The van der Waals surface area contributed by atoms with Gasteiger partial charge in [0.25, 0.3) is 0 Å². The second kappa shape index (κ2) is 7.19. The third-order valence-corrected chi connectivity index (χ3v) is 5.08. The van der Waals surface area contributed by atoms with Crippen LogP contribution in [-0.4, -0.2) is 64.1 Å². The van der Waals surface area contributed by atoms with E-state index >= 15 is 0 Å². The number of carbonyl (C=O) groups is 1. The molecule has 0 aromatic carbocycles. The molecule has 2 unspecified atom stereocenters. The van der Waals surface area contributed by atoms with Crippen molar-refractivity contribution in [3.8, 4) is 0 Å². The molecule has 0 spiro atoms. The van der Waals surface area contributed by atoms with Crippen LogP contribution in [0.1, 0.15) is 64.2 Å². The highest BCUT2D eigenvalue weighted by Crippen LogP contribution is 2.23. The van der Waals surface area contributed by atoms with Crippen molar-refractivity contribution in [1.29, 1.82) is 0 Å². The molecule has 1 saturated heterocycles. The summed E-state index contributed by atoms with van der Waals surface area (Å²) in [5.41, 5.74) is 0. The molecule has 0 bridgehead atoms. The van der Waals surface area contributed by atoms with E-state index in [1.807, 2.05) is 6.92 Å². The molecule has 7 nitrogen and oxygen atoms in total. The van der Waals surface area contributed by atoms with Crippen LogP contribution in [-0.2, 0) is 4.79 Å². The molecule has 1 amide bonds. The first-order chi connectivity index (χ1) is 11.5. The van der Waals surface area contributed by atoms with Gasteiger partial charge in [0.2, 0.25) is 11.8 Å². The Balaban J connectivity index is 1.50. The van der Waals surface area contributed by atoms with Crippen LogP contribution in [0.4, 0.5) is 0 Å². The van der Waals surface area contributed by atoms with Gasteiger partial charge in [0.1, 0.15) is 0 Å². The van der Waals surface area contributed by atoms with Crippen LogP contribution < -0.4 is 5.32 Å². The molecule has 1 aromatic heterocycles. The highest BCUT2D eigenvalue weighted by molar-refractivity contribution is 5.81. The van der Waals surface area contributed by atoms with Gasteiger partial charge in [-0.3, -0.25) is 14.6 Å². The average Bonchev–Trinajstić information content (AvgIpc) is 3.25. The van der Waals surface area contributed by atoms with Crippen molar-refractivity contribution in [2.24, 2.45) is 0 Å². The van der Waals surface area contributed by atoms with E-state index in [0.717, 1.165) is 44.8 Å². The molecule has 2 heterocycles. The Labute approximate surface area is 143 Å². The summed E-state index contributed by atoms with van der Waals surface area (Å²) in [4.78, 5) is 21.3.